The quantitative estimate of drug-likeness (QED) is 0.934. The van der Waals surface area contributed by atoms with Crippen molar-refractivity contribution in [3.63, 3.8) is 0 Å². The predicted octanol–water partition coefficient (Wildman–Crippen LogP) is 3.23. The van der Waals surface area contributed by atoms with Crippen LogP contribution in [-0.4, -0.2) is 16.1 Å². The lowest BCUT2D eigenvalue weighted by atomic mass is 10.0. The van der Waals surface area contributed by atoms with Crippen LogP contribution in [-0.2, 0) is 19.3 Å². The van der Waals surface area contributed by atoms with Gasteiger partial charge in [-0.15, -0.1) is 11.3 Å². The van der Waals surface area contributed by atoms with Crippen LogP contribution in [0.25, 0.3) is 0 Å². The number of aromatic carboxylic acids is 1. The van der Waals surface area contributed by atoms with E-state index in [4.69, 9.17) is 5.11 Å². The highest BCUT2D eigenvalue weighted by molar-refractivity contribution is 7.13. The second-order valence-corrected chi connectivity index (χ2v) is 6.04. The van der Waals surface area contributed by atoms with Gasteiger partial charge >= 0.3 is 5.97 Å². The summed E-state index contributed by atoms with van der Waals surface area (Å²) in [6.07, 6.45) is 4.33. The number of nitrogens with zero attached hydrogens (tertiary/aromatic N) is 1. The summed E-state index contributed by atoms with van der Waals surface area (Å²) in [5.41, 5.74) is 4.76. The average Bonchev–Trinajstić information content (AvgIpc) is 2.95. The normalized spacial score (nSPS) is 13.5. The van der Waals surface area contributed by atoms with E-state index in [9.17, 15) is 4.79 Å². The molecule has 3 nitrogen and oxygen atoms in total. The van der Waals surface area contributed by atoms with Crippen LogP contribution in [0.1, 0.15) is 43.5 Å². The first-order chi connectivity index (χ1) is 9.13. The van der Waals surface area contributed by atoms with Crippen molar-refractivity contribution in [2.24, 2.45) is 0 Å². The zero-order chi connectivity index (χ0) is 13.4. The summed E-state index contributed by atoms with van der Waals surface area (Å²) in [5, 5.41) is 9.92. The monoisotopic (exact) mass is 273 g/mol. The van der Waals surface area contributed by atoms with Gasteiger partial charge in [0.1, 0.15) is 4.88 Å². The van der Waals surface area contributed by atoms with Crippen molar-refractivity contribution < 1.29 is 9.90 Å². The zero-order valence-corrected chi connectivity index (χ0v) is 11.6. The highest BCUT2D eigenvalue weighted by Crippen LogP contribution is 2.25. The SMILES string of the molecule is Cc1nc(Cc2ccc3c(c2)CCC3)sc1C(=O)O. The number of hydrogen-bond donors (Lipinski definition) is 1. The minimum atomic E-state index is -0.879. The lowest BCUT2D eigenvalue weighted by Crippen LogP contribution is -1.94. The fourth-order valence-corrected chi connectivity index (χ4v) is 3.57. The van der Waals surface area contributed by atoms with Gasteiger partial charge in [0.25, 0.3) is 0 Å². The summed E-state index contributed by atoms with van der Waals surface area (Å²) >= 11 is 1.29. The third-order valence-corrected chi connectivity index (χ3v) is 4.70. The van der Waals surface area contributed by atoms with Gasteiger partial charge in [0.05, 0.1) is 10.7 Å². The molecule has 1 aliphatic carbocycles. The van der Waals surface area contributed by atoms with E-state index in [0.717, 1.165) is 11.4 Å². The maximum atomic E-state index is 11.0. The Morgan fingerprint density at radius 3 is 2.89 bits per heavy atom. The van der Waals surface area contributed by atoms with E-state index in [-0.39, 0.29) is 0 Å². The van der Waals surface area contributed by atoms with E-state index in [1.807, 2.05) is 0 Å². The molecule has 1 heterocycles. The molecule has 1 aliphatic rings. The van der Waals surface area contributed by atoms with Crippen molar-refractivity contribution in [1.29, 1.82) is 0 Å². The lowest BCUT2D eigenvalue weighted by molar-refractivity contribution is 0.0701. The molecule has 0 aliphatic heterocycles. The summed E-state index contributed by atoms with van der Waals surface area (Å²) in [6.45, 7) is 1.76. The molecule has 0 saturated carbocycles. The van der Waals surface area contributed by atoms with E-state index in [2.05, 4.69) is 23.2 Å². The zero-order valence-electron chi connectivity index (χ0n) is 10.8. The van der Waals surface area contributed by atoms with Crippen molar-refractivity contribution in [3.8, 4) is 0 Å². The Balaban J connectivity index is 1.85. The molecule has 1 N–H and O–H groups in total. The lowest BCUT2D eigenvalue weighted by Gasteiger charge is -2.03. The number of fused-ring (bicyclic) bond motifs is 1. The Morgan fingerprint density at radius 1 is 1.37 bits per heavy atom. The molecular weight excluding hydrogens is 258 g/mol. The Kier molecular flexibility index (Phi) is 3.11. The number of rotatable bonds is 3. The number of aryl methyl sites for hydroxylation is 3. The van der Waals surface area contributed by atoms with Gasteiger partial charge < -0.3 is 5.11 Å². The van der Waals surface area contributed by atoms with E-state index in [1.165, 1.54) is 47.3 Å². The summed E-state index contributed by atoms with van der Waals surface area (Å²) in [5.74, 6) is -0.879. The van der Waals surface area contributed by atoms with Crippen molar-refractivity contribution in [2.75, 3.05) is 0 Å². The molecule has 0 atom stereocenters. The molecule has 98 valence electrons. The largest absolute Gasteiger partial charge is 0.477 e. The molecule has 0 saturated heterocycles. The summed E-state index contributed by atoms with van der Waals surface area (Å²) in [7, 11) is 0. The molecule has 19 heavy (non-hydrogen) atoms. The van der Waals surface area contributed by atoms with Crippen LogP contribution in [0, 0.1) is 6.92 Å². The van der Waals surface area contributed by atoms with Crippen molar-refractivity contribution >= 4 is 17.3 Å². The molecular formula is C15H15NO2S. The molecule has 3 rings (SSSR count). The average molecular weight is 273 g/mol. The first-order valence-electron chi connectivity index (χ1n) is 6.44. The topological polar surface area (TPSA) is 50.2 Å². The molecule has 1 aromatic heterocycles. The first-order valence-corrected chi connectivity index (χ1v) is 7.25. The molecule has 4 heteroatoms. The minimum absolute atomic E-state index is 0.358. The van der Waals surface area contributed by atoms with Crippen LogP contribution >= 0.6 is 11.3 Å². The highest BCUT2D eigenvalue weighted by atomic mass is 32.1. The predicted molar refractivity (Wildman–Crippen MR) is 75.1 cm³/mol. The molecule has 2 aromatic rings. The number of aromatic nitrogens is 1. The number of carboxylic acids is 1. The summed E-state index contributed by atoms with van der Waals surface area (Å²) in [6, 6.07) is 6.59. The molecule has 0 amide bonds. The van der Waals surface area contributed by atoms with Gasteiger partial charge in [0.15, 0.2) is 0 Å². The molecule has 0 bridgehead atoms. The van der Waals surface area contributed by atoms with Crippen molar-refractivity contribution in [1.82, 2.24) is 4.98 Å². The van der Waals surface area contributed by atoms with Gasteiger partial charge in [-0.1, -0.05) is 18.2 Å². The van der Waals surface area contributed by atoms with Gasteiger partial charge in [-0.2, -0.15) is 0 Å². The maximum absolute atomic E-state index is 11.0. The van der Waals surface area contributed by atoms with Crippen LogP contribution < -0.4 is 0 Å². The van der Waals surface area contributed by atoms with Gasteiger partial charge in [0, 0.05) is 6.42 Å². The fourth-order valence-electron chi connectivity index (χ4n) is 2.64. The van der Waals surface area contributed by atoms with Gasteiger partial charge in [0.2, 0.25) is 0 Å². The fraction of sp³-hybridized carbons (Fsp3) is 0.333. The highest BCUT2D eigenvalue weighted by Gasteiger charge is 2.15. The number of carboxylic acid groups (broad SMARTS) is 1. The summed E-state index contributed by atoms with van der Waals surface area (Å²) < 4.78 is 0. The van der Waals surface area contributed by atoms with Crippen LogP contribution in [0.2, 0.25) is 0 Å². The Hall–Kier alpha value is -1.68. The molecule has 0 fully saturated rings. The van der Waals surface area contributed by atoms with Crippen LogP contribution in [0.4, 0.5) is 0 Å². The van der Waals surface area contributed by atoms with E-state index in [0.29, 0.717) is 10.6 Å². The summed E-state index contributed by atoms with van der Waals surface area (Å²) in [4.78, 5) is 15.7. The number of hydrogen-bond acceptors (Lipinski definition) is 3. The van der Waals surface area contributed by atoms with Crippen LogP contribution in [0.3, 0.4) is 0 Å². The van der Waals surface area contributed by atoms with Crippen LogP contribution in [0.15, 0.2) is 18.2 Å². The standard InChI is InChI=1S/C15H15NO2S/c1-9-14(15(17)18)19-13(16-9)8-10-5-6-11-3-2-4-12(11)7-10/h5-7H,2-4,8H2,1H3,(H,17,18). The molecule has 0 spiro atoms. The molecule has 1 aromatic carbocycles. The smallest absolute Gasteiger partial charge is 0.347 e. The maximum Gasteiger partial charge on any atom is 0.347 e. The molecule has 0 unspecified atom stereocenters. The first kappa shape index (κ1) is 12.4. The van der Waals surface area contributed by atoms with Gasteiger partial charge in [-0.3, -0.25) is 0 Å². The Morgan fingerprint density at radius 2 is 2.16 bits per heavy atom. The van der Waals surface area contributed by atoms with Gasteiger partial charge in [-0.25, -0.2) is 9.78 Å². The van der Waals surface area contributed by atoms with Crippen LogP contribution in [0.5, 0.6) is 0 Å². The van der Waals surface area contributed by atoms with E-state index >= 15 is 0 Å². The van der Waals surface area contributed by atoms with Gasteiger partial charge in [-0.05, 0) is 42.9 Å². The Labute approximate surface area is 115 Å². The number of carbonyl (C=O) groups is 1. The Bertz CT molecular complexity index is 646. The third kappa shape index (κ3) is 2.40. The number of benzene rings is 1. The number of thiazole rings is 1. The second kappa shape index (κ2) is 4.78. The van der Waals surface area contributed by atoms with E-state index < -0.39 is 5.97 Å². The second-order valence-electron chi connectivity index (χ2n) is 4.96. The molecule has 0 radical (unpaired) electrons. The van der Waals surface area contributed by atoms with Crippen molar-refractivity contribution in [2.45, 2.75) is 32.6 Å². The van der Waals surface area contributed by atoms with Crippen molar-refractivity contribution in [3.05, 3.63) is 50.5 Å². The van der Waals surface area contributed by atoms with E-state index in [1.54, 1.807) is 6.92 Å². The minimum Gasteiger partial charge on any atom is -0.477 e. The third-order valence-electron chi connectivity index (χ3n) is 3.55.